The van der Waals surface area contributed by atoms with Crippen LogP contribution in [-0.2, 0) is 19.1 Å². The van der Waals surface area contributed by atoms with Gasteiger partial charge < -0.3 is 14.6 Å². The standard InChI is InChI=1S/C22H27N5O7/c1-5-15-18(20(28)29)17(13-6-8-14(9-7-13)27(31)32)19(21(30)34-22(2,3)4)16(25-15)12-33-11-10-24-26-23/h6-9,17-18H,5,10-12H2,1-4H3,(H,28,29). The summed E-state index contributed by atoms with van der Waals surface area (Å²) in [6.45, 7) is 6.78. The highest BCUT2D eigenvalue weighted by Crippen LogP contribution is 2.41. The molecule has 2 atom stereocenters. The molecule has 12 heteroatoms. The first kappa shape index (κ1) is 26.5. The summed E-state index contributed by atoms with van der Waals surface area (Å²) in [5, 5.41) is 24.5. The van der Waals surface area contributed by atoms with Crippen molar-refractivity contribution in [3.05, 3.63) is 61.7 Å². The number of hydrogen-bond acceptors (Lipinski definition) is 8. The summed E-state index contributed by atoms with van der Waals surface area (Å²) in [4.78, 5) is 43.3. The van der Waals surface area contributed by atoms with Crippen molar-refractivity contribution < 1.29 is 29.1 Å². The number of carbonyl (C=O) groups is 2. The number of esters is 1. The Morgan fingerprint density at radius 3 is 2.44 bits per heavy atom. The van der Waals surface area contributed by atoms with Crippen LogP contribution in [-0.4, -0.2) is 53.0 Å². The molecule has 182 valence electrons. The molecular weight excluding hydrogens is 446 g/mol. The number of azide groups is 1. The number of nitro groups is 1. The number of carbonyl (C=O) groups excluding carboxylic acids is 1. The van der Waals surface area contributed by atoms with Crippen LogP contribution in [0.5, 0.6) is 0 Å². The molecule has 0 aromatic heterocycles. The predicted octanol–water partition coefficient (Wildman–Crippen LogP) is 4.17. The van der Waals surface area contributed by atoms with Crippen molar-refractivity contribution >= 4 is 23.3 Å². The van der Waals surface area contributed by atoms with Gasteiger partial charge in [0.25, 0.3) is 5.69 Å². The Morgan fingerprint density at radius 2 is 1.94 bits per heavy atom. The maximum Gasteiger partial charge on any atom is 0.337 e. The van der Waals surface area contributed by atoms with Gasteiger partial charge in [0.1, 0.15) is 11.5 Å². The molecule has 1 aromatic carbocycles. The minimum Gasteiger partial charge on any atom is -0.481 e. The Morgan fingerprint density at radius 1 is 1.29 bits per heavy atom. The van der Waals surface area contributed by atoms with Crippen LogP contribution in [0.25, 0.3) is 10.4 Å². The number of rotatable bonds is 10. The Bertz CT molecular complexity index is 1050. The van der Waals surface area contributed by atoms with Gasteiger partial charge >= 0.3 is 11.9 Å². The van der Waals surface area contributed by atoms with E-state index in [1.165, 1.54) is 24.3 Å². The van der Waals surface area contributed by atoms with E-state index >= 15 is 0 Å². The van der Waals surface area contributed by atoms with E-state index in [4.69, 9.17) is 15.0 Å². The summed E-state index contributed by atoms with van der Waals surface area (Å²) in [5.74, 6) is -4.12. The molecule has 0 saturated heterocycles. The van der Waals surface area contributed by atoms with Crippen molar-refractivity contribution in [2.24, 2.45) is 16.0 Å². The van der Waals surface area contributed by atoms with Crippen molar-refractivity contribution in [2.45, 2.75) is 45.6 Å². The molecule has 0 bridgehead atoms. The molecule has 34 heavy (non-hydrogen) atoms. The van der Waals surface area contributed by atoms with Crippen LogP contribution in [0.3, 0.4) is 0 Å². The second-order valence-corrected chi connectivity index (χ2v) is 8.47. The number of benzene rings is 1. The van der Waals surface area contributed by atoms with E-state index < -0.39 is 34.3 Å². The minimum absolute atomic E-state index is 0.0113. The summed E-state index contributed by atoms with van der Waals surface area (Å²) in [6.07, 6.45) is 0.296. The molecule has 12 nitrogen and oxygen atoms in total. The van der Waals surface area contributed by atoms with Gasteiger partial charge in [-0.15, -0.1) is 0 Å². The van der Waals surface area contributed by atoms with Gasteiger partial charge in [0, 0.05) is 35.2 Å². The lowest BCUT2D eigenvalue weighted by Crippen LogP contribution is -2.38. The number of ether oxygens (including phenoxy) is 2. The summed E-state index contributed by atoms with van der Waals surface area (Å²) >= 11 is 0. The molecule has 2 rings (SSSR count). The number of aliphatic carboxylic acids is 1. The van der Waals surface area contributed by atoms with Gasteiger partial charge in [0.2, 0.25) is 0 Å². The second-order valence-electron chi connectivity index (χ2n) is 8.47. The van der Waals surface area contributed by atoms with E-state index in [2.05, 4.69) is 15.0 Å². The fourth-order valence-electron chi connectivity index (χ4n) is 3.60. The zero-order chi connectivity index (χ0) is 25.5. The van der Waals surface area contributed by atoms with Gasteiger partial charge in [0.05, 0.1) is 29.4 Å². The average Bonchev–Trinajstić information content (AvgIpc) is 2.76. The number of carboxylic acids is 1. The zero-order valence-corrected chi connectivity index (χ0v) is 19.4. The maximum absolute atomic E-state index is 13.3. The van der Waals surface area contributed by atoms with Crippen molar-refractivity contribution in [1.29, 1.82) is 0 Å². The van der Waals surface area contributed by atoms with Crippen molar-refractivity contribution in [3.8, 4) is 0 Å². The van der Waals surface area contributed by atoms with Crippen LogP contribution < -0.4 is 0 Å². The van der Waals surface area contributed by atoms with Crippen LogP contribution in [0.4, 0.5) is 5.69 Å². The minimum atomic E-state index is -1.19. The lowest BCUT2D eigenvalue weighted by molar-refractivity contribution is -0.384. The number of carboxylic acid groups (broad SMARTS) is 1. The molecule has 1 aromatic rings. The molecule has 0 fully saturated rings. The highest BCUT2D eigenvalue weighted by molar-refractivity contribution is 6.07. The smallest absolute Gasteiger partial charge is 0.337 e. The molecule has 0 saturated carbocycles. The first-order valence-electron chi connectivity index (χ1n) is 10.6. The van der Waals surface area contributed by atoms with Crippen LogP contribution in [0, 0.1) is 16.0 Å². The molecule has 0 radical (unpaired) electrons. The molecular formula is C22H27N5O7. The van der Waals surface area contributed by atoms with Gasteiger partial charge in [-0.25, -0.2) is 4.79 Å². The molecule has 1 aliphatic rings. The maximum atomic E-state index is 13.3. The summed E-state index contributed by atoms with van der Waals surface area (Å²) < 4.78 is 11.1. The lowest BCUT2D eigenvalue weighted by atomic mass is 9.74. The number of aliphatic imine (C=N–C) groups is 1. The topological polar surface area (TPSA) is 177 Å². The van der Waals surface area contributed by atoms with Crippen molar-refractivity contribution in [2.75, 3.05) is 19.8 Å². The SMILES string of the molecule is CCC1=NC(COCCN=[N+]=[N-])=C(C(=O)OC(C)(C)C)C(c2ccc([N+](=O)[O-])cc2)C1C(=O)O. The lowest BCUT2D eigenvalue weighted by Gasteiger charge is -2.33. The van der Waals surface area contributed by atoms with Crippen molar-refractivity contribution in [3.63, 3.8) is 0 Å². The number of non-ortho nitro benzene ring substituents is 1. The zero-order valence-electron chi connectivity index (χ0n) is 19.4. The average molecular weight is 473 g/mol. The van der Waals surface area contributed by atoms with Crippen LogP contribution in [0.1, 0.15) is 45.6 Å². The van der Waals surface area contributed by atoms with Crippen LogP contribution in [0.15, 0.2) is 45.6 Å². The van der Waals surface area contributed by atoms with Gasteiger partial charge in [0.15, 0.2) is 0 Å². The molecule has 0 spiro atoms. The molecule has 1 N–H and O–H groups in total. The van der Waals surface area contributed by atoms with Crippen LogP contribution >= 0.6 is 0 Å². The molecule has 1 heterocycles. The molecule has 1 aliphatic heterocycles. The molecule has 2 unspecified atom stereocenters. The first-order chi connectivity index (χ1) is 16.0. The van der Waals surface area contributed by atoms with E-state index in [0.29, 0.717) is 17.7 Å². The molecule has 0 amide bonds. The Hall–Kier alpha value is -3.76. The van der Waals surface area contributed by atoms with Gasteiger partial charge in [-0.3, -0.25) is 19.9 Å². The third-order valence-electron chi connectivity index (χ3n) is 4.94. The van der Waals surface area contributed by atoms with Crippen molar-refractivity contribution in [1.82, 2.24) is 0 Å². The second kappa shape index (κ2) is 11.4. The van der Waals surface area contributed by atoms with Gasteiger partial charge in [-0.05, 0) is 38.3 Å². The van der Waals surface area contributed by atoms with E-state index in [1.54, 1.807) is 27.7 Å². The molecule has 0 aliphatic carbocycles. The fourth-order valence-corrected chi connectivity index (χ4v) is 3.60. The fraction of sp³-hybridized carbons (Fsp3) is 0.500. The quantitative estimate of drug-likeness (QED) is 0.101. The van der Waals surface area contributed by atoms with E-state index in [1.807, 2.05) is 0 Å². The number of nitro benzene ring substituents is 1. The summed E-state index contributed by atoms with van der Waals surface area (Å²) in [7, 11) is 0. The third-order valence-corrected chi connectivity index (χ3v) is 4.94. The monoisotopic (exact) mass is 473 g/mol. The van der Waals surface area contributed by atoms with E-state index in [9.17, 15) is 24.8 Å². The largest absolute Gasteiger partial charge is 0.481 e. The number of hydrogen-bond donors (Lipinski definition) is 1. The summed E-state index contributed by atoms with van der Waals surface area (Å²) in [5.41, 5.74) is 8.31. The van der Waals surface area contributed by atoms with E-state index in [0.717, 1.165) is 0 Å². The van der Waals surface area contributed by atoms with Gasteiger partial charge in [-0.2, -0.15) is 0 Å². The normalized spacial score (nSPS) is 18.1. The Kier molecular flexibility index (Phi) is 8.88. The Labute approximate surface area is 196 Å². The highest BCUT2D eigenvalue weighted by Gasteiger charge is 2.44. The Balaban J connectivity index is 2.66. The third kappa shape index (κ3) is 6.63. The predicted molar refractivity (Wildman–Crippen MR) is 122 cm³/mol. The summed E-state index contributed by atoms with van der Waals surface area (Å²) in [6, 6.07) is 5.38. The number of nitrogens with zero attached hydrogens (tertiary/aromatic N) is 5. The highest BCUT2D eigenvalue weighted by atomic mass is 16.6. The van der Waals surface area contributed by atoms with E-state index in [-0.39, 0.29) is 36.7 Å². The van der Waals surface area contributed by atoms with Crippen LogP contribution in [0.2, 0.25) is 0 Å². The first-order valence-corrected chi connectivity index (χ1v) is 10.6. The van der Waals surface area contributed by atoms with Gasteiger partial charge in [-0.1, -0.05) is 24.2 Å².